The van der Waals surface area contributed by atoms with Crippen LogP contribution in [0.4, 0.5) is 4.11 Å². The minimum atomic E-state index is -3.09. The molecule has 0 nitrogen and oxygen atoms in total. The van der Waals surface area contributed by atoms with Gasteiger partial charge in [-0.15, -0.1) is 0 Å². The Bertz CT molecular complexity index is 376. The first-order valence-corrected chi connectivity index (χ1v) is 33.1. The van der Waals surface area contributed by atoms with Crippen LogP contribution in [0, 0.1) is 0 Å². The summed E-state index contributed by atoms with van der Waals surface area (Å²) < 4.78 is 18.1. The normalized spacial score (nSPS) is 16.7. The summed E-state index contributed by atoms with van der Waals surface area (Å²) in [6.45, 7) is 13.4. The molecule has 0 aliphatic rings. The van der Waals surface area contributed by atoms with E-state index in [-0.39, 0.29) is 11.6 Å². The van der Waals surface area contributed by atoms with Gasteiger partial charge in [0.05, 0.1) is 0 Å². The number of halogens is 1. The molecule has 0 aliphatic carbocycles. The number of hydrogen-bond acceptors (Lipinski definition) is 0. The Morgan fingerprint density at radius 2 is 0.696 bits per heavy atom. The van der Waals surface area contributed by atoms with Gasteiger partial charge in [0.25, 0.3) is 0 Å². The molecule has 23 heavy (non-hydrogen) atoms. The third-order valence-electron chi connectivity index (χ3n) is 5.96. The van der Waals surface area contributed by atoms with Crippen molar-refractivity contribution in [3.63, 3.8) is 0 Å². The van der Waals surface area contributed by atoms with Crippen molar-refractivity contribution >= 4 is 48.2 Å². The van der Waals surface area contributed by atoms with Crippen molar-refractivity contribution in [3.8, 4) is 0 Å². The summed E-state index contributed by atoms with van der Waals surface area (Å²) in [6.07, 6.45) is 0. The fourth-order valence-electron chi connectivity index (χ4n) is 7.18. The van der Waals surface area contributed by atoms with Gasteiger partial charge in [-0.25, -0.2) is 0 Å². The van der Waals surface area contributed by atoms with Crippen LogP contribution >= 0.6 is 0 Å². The van der Waals surface area contributed by atoms with Crippen molar-refractivity contribution in [2.75, 3.05) is 0 Å². The summed E-state index contributed by atoms with van der Waals surface area (Å²) in [7, 11) is -3.09. The van der Waals surface area contributed by atoms with Crippen molar-refractivity contribution in [2.24, 2.45) is 0 Å². The Hall–Kier alpha value is 1.78. The van der Waals surface area contributed by atoms with Crippen LogP contribution in [-0.2, 0) is 0 Å². The molecule has 0 N–H and O–H groups in total. The van der Waals surface area contributed by atoms with Gasteiger partial charge in [-0.3, -0.25) is 0 Å². The third-order valence-corrected chi connectivity index (χ3v) is 92.5. The van der Waals surface area contributed by atoms with Gasteiger partial charge in [-0.1, -0.05) is 0 Å². The fraction of sp³-hybridized carbons (Fsp3) is 1.00. The Morgan fingerprint density at radius 1 is 0.522 bits per heavy atom. The molecule has 0 saturated carbocycles. The number of rotatable bonds is 4. The van der Waals surface area contributed by atoms with E-state index in [4.69, 9.17) is 0 Å². The predicted octanol–water partition coefficient (Wildman–Crippen LogP) is 7.87. The van der Waals surface area contributed by atoms with Gasteiger partial charge in [-0.2, -0.15) is 0 Å². The van der Waals surface area contributed by atoms with Gasteiger partial charge in [0.1, 0.15) is 0 Å². The van der Waals surface area contributed by atoms with E-state index in [1.54, 1.807) is 0 Å². The molecule has 0 fully saturated rings. The van der Waals surface area contributed by atoms with Gasteiger partial charge in [0.2, 0.25) is 0 Å². The topological polar surface area (TPSA) is 0 Å². The summed E-state index contributed by atoms with van der Waals surface area (Å²) in [5, 5.41) is -0.387. The molecule has 0 aromatic rings. The molecular weight excluding hydrogens is 481 g/mol. The predicted molar refractivity (Wildman–Crippen MR) is 119 cm³/mol. The molecule has 0 aromatic carbocycles. The second-order valence-electron chi connectivity index (χ2n) is 12.7. The Morgan fingerprint density at radius 3 is 0.739 bits per heavy atom. The SMILES string of the molecule is CC(C)(C)[Si](F)(C(C)(C)C)[C]([Ge]([CH3])([CH3])[CH3])([Ge]([CH3])([CH3])[CH3])[Ge]([CH3])([CH3])[CH3]. The van der Waals surface area contributed by atoms with Crippen molar-refractivity contribution in [1.82, 2.24) is 0 Å². The molecule has 0 radical (unpaired) electrons. The van der Waals surface area contributed by atoms with E-state index in [1.807, 2.05) is 0 Å². The third kappa shape index (κ3) is 3.62. The van der Waals surface area contributed by atoms with Crippen LogP contribution in [0.1, 0.15) is 41.5 Å². The molecule has 0 unspecified atom stereocenters. The molecule has 0 spiro atoms. The first kappa shape index (κ1) is 24.8. The molecule has 0 atom stereocenters. The van der Waals surface area contributed by atoms with Gasteiger partial charge < -0.3 is 0 Å². The molecule has 140 valence electrons. The van der Waals surface area contributed by atoms with Crippen LogP contribution in [0.5, 0.6) is 0 Å². The summed E-state index contributed by atoms with van der Waals surface area (Å²) >= 11 is -6.96. The van der Waals surface area contributed by atoms with Crippen LogP contribution in [0.2, 0.25) is 63.4 Å². The zero-order valence-electron chi connectivity index (χ0n) is 18.9. The van der Waals surface area contributed by atoms with E-state index in [1.165, 1.54) is 0 Å². The summed E-state index contributed by atoms with van der Waals surface area (Å²) in [5.74, 6) is 22.9. The minimum absolute atomic E-state index is 0.170. The first-order valence-electron chi connectivity index (χ1n) is 9.19. The zero-order valence-corrected chi connectivity index (χ0v) is 26.2. The number of hydrogen-bond donors (Lipinski definition) is 0. The van der Waals surface area contributed by atoms with Crippen LogP contribution in [0.3, 0.4) is 0 Å². The van der Waals surface area contributed by atoms with Gasteiger partial charge in [0.15, 0.2) is 0 Å². The maximum absolute atomic E-state index is 17.9. The second kappa shape index (κ2) is 6.44. The molecule has 0 saturated heterocycles. The van der Waals surface area contributed by atoms with Crippen molar-refractivity contribution < 1.29 is 4.11 Å². The summed E-state index contributed by atoms with van der Waals surface area (Å²) in [5.41, 5.74) is 0. The van der Waals surface area contributed by atoms with E-state index < -0.39 is 48.2 Å². The second-order valence-corrected chi connectivity index (χ2v) is 60.5. The van der Waals surface area contributed by atoms with Gasteiger partial charge in [-0.05, 0) is 0 Å². The van der Waals surface area contributed by atoms with Gasteiger partial charge in [0, 0.05) is 0 Å². The van der Waals surface area contributed by atoms with Crippen molar-refractivity contribution in [3.05, 3.63) is 0 Å². The van der Waals surface area contributed by atoms with Crippen LogP contribution in [-0.4, -0.2) is 48.2 Å². The van der Waals surface area contributed by atoms with Gasteiger partial charge >= 0.3 is 157 Å². The summed E-state index contributed by atoms with van der Waals surface area (Å²) in [6, 6.07) is 0. The standard InChI is InChI=1S/C18H45FGe3Si/c1-16(2,3)23(19,17(4,5)6)18(20(7,8)9,21(10,11)12)22(13,14)15/h1-15H3. The summed E-state index contributed by atoms with van der Waals surface area (Å²) in [4.78, 5) is 0. The van der Waals surface area contributed by atoms with Crippen LogP contribution in [0.15, 0.2) is 0 Å². The quantitative estimate of drug-likeness (QED) is 0.258. The monoisotopic (exact) mass is 530 g/mol. The van der Waals surface area contributed by atoms with Crippen molar-refractivity contribution in [2.45, 2.75) is 105 Å². The average molecular weight is 526 g/mol. The molecule has 0 aliphatic heterocycles. The molecule has 5 heteroatoms. The van der Waals surface area contributed by atoms with E-state index in [0.717, 1.165) is 0 Å². The average Bonchev–Trinajstić information content (AvgIpc) is 2.05. The fourth-order valence-corrected chi connectivity index (χ4v) is 136. The van der Waals surface area contributed by atoms with E-state index in [2.05, 4.69) is 93.3 Å². The van der Waals surface area contributed by atoms with E-state index in [0.29, 0.717) is 0 Å². The molecule has 0 amide bonds. The Labute approximate surface area is 156 Å². The molecule has 0 rings (SSSR count). The molecule has 0 bridgehead atoms. The van der Waals surface area contributed by atoms with E-state index in [9.17, 15) is 0 Å². The molecule has 0 aromatic heterocycles. The Balaban J connectivity index is 7.46. The maximum atomic E-state index is 17.9. The van der Waals surface area contributed by atoms with Crippen LogP contribution < -0.4 is 0 Å². The van der Waals surface area contributed by atoms with E-state index >= 15 is 4.11 Å². The van der Waals surface area contributed by atoms with Crippen LogP contribution in [0.25, 0.3) is 0 Å². The molecule has 0 heterocycles. The Kier molecular flexibility index (Phi) is 6.93. The first-order chi connectivity index (χ1) is 9.50. The molecular formula is C18H45FGe3Si. The van der Waals surface area contributed by atoms with Crippen molar-refractivity contribution in [1.29, 1.82) is 0 Å². The zero-order chi connectivity index (χ0) is 19.5.